The second-order valence-corrected chi connectivity index (χ2v) is 4.56. The van der Waals surface area contributed by atoms with Gasteiger partial charge in [-0.05, 0) is 12.1 Å². The Balaban J connectivity index is 2.64. The molecule has 1 heterocycles. The highest BCUT2D eigenvalue weighted by Crippen LogP contribution is 2.22. The molecule has 0 aliphatic heterocycles. The van der Waals surface area contributed by atoms with E-state index in [-0.39, 0.29) is 12.5 Å². The molecule has 0 unspecified atom stereocenters. The van der Waals surface area contributed by atoms with Gasteiger partial charge in [-0.15, -0.1) is 11.3 Å². The molecular weight excluding hydrogens is 238 g/mol. The van der Waals surface area contributed by atoms with Crippen LogP contribution in [0.25, 0.3) is 0 Å². The SMILES string of the molecule is COC(=O)CN(C)C(=O)c1ccc(Cl)s1. The van der Waals surface area contributed by atoms with Crippen molar-refractivity contribution in [3.63, 3.8) is 0 Å². The van der Waals surface area contributed by atoms with Crippen LogP contribution in [0.2, 0.25) is 4.34 Å². The van der Waals surface area contributed by atoms with Gasteiger partial charge in [0, 0.05) is 7.05 Å². The van der Waals surface area contributed by atoms with Crippen molar-refractivity contribution in [2.75, 3.05) is 20.7 Å². The first-order valence-electron chi connectivity index (χ1n) is 4.12. The fourth-order valence-corrected chi connectivity index (χ4v) is 1.99. The minimum absolute atomic E-state index is 0.0646. The van der Waals surface area contributed by atoms with Crippen LogP contribution >= 0.6 is 22.9 Å². The first kappa shape index (κ1) is 12.0. The highest BCUT2D eigenvalue weighted by Gasteiger charge is 2.16. The van der Waals surface area contributed by atoms with Gasteiger partial charge < -0.3 is 9.64 Å². The Labute approximate surface area is 96.4 Å². The van der Waals surface area contributed by atoms with E-state index in [1.54, 1.807) is 12.1 Å². The minimum atomic E-state index is -0.450. The summed E-state index contributed by atoms with van der Waals surface area (Å²) in [5, 5.41) is 0. The molecule has 15 heavy (non-hydrogen) atoms. The zero-order chi connectivity index (χ0) is 11.4. The average Bonchev–Trinajstić information content (AvgIpc) is 2.63. The summed E-state index contributed by atoms with van der Waals surface area (Å²) in [5.41, 5.74) is 0. The molecule has 0 bridgehead atoms. The van der Waals surface area contributed by atoms with E-state index in [4.69, 9.17) is 11.6 Å². The Bertz CT molecular complexity index is 377. The molecule has 0 radical (unpaired) electrons. The van der Waals surface area contributed by atoms with Crippen LogP contribution in [0.1, 0.15) is 9.67 Å². The van der Waals surface area contributed by atoms with E-state index in [1.165, 1.54) is 30.4 Å². The van der Waals surface area contributed by atoms with Crippen molar-refractivity contribution in [1.82, 2.24) is 4.90 Å². The number of carbonyl (C=O) groups is 2. The van der Waals surface area contributed by atoms with E-state index in [1.807, 2.05) is 0 Å². The van der Waals surface area contributed by atoms with Gasteiger partial charge >= 0.3 is 5.97 Å². The first-order valence-corrected chi connectivity index (χ1v) is 5.31. The molecule has 0 spiro atoms. The highest BCUT2D eigenvalue weighted by atomic mass is 35.5. The maximum Gasteiger partial charge on any atom is 0.325 e. The Morgan fingerprint density at radius 1 is 1.53 bits per heavy atom. The zero-order valence-electron chi connectivity index (χ0n) is 8.32. The molecule has 0 aromatic carbocycles. The summed E-state index contributed by atoms with van der Waals surface area (Å²) < 4.78 is 5.00. The molecule has 0 fully saturated rings. The zero-order valence-corrected chi connectivity index (χ0v) is 9.89. The number of hydrogen-bond donors (Lipinski definition) is 0. The topological polar surface area (TPSA) is 46.6 Å². The number of carbonyl (C=O) groups excluding carboxylic acids is 2. The number of amides is 1. The van der Waals surface area contributed by atoms with Crippen molar-refractivity contribution in [2.45, 2.75) is 0 Å². The summed E-state index contributed by atoms with van der Waals surface area (Å²) in [6.45, 7) is -0.0646. The number of halogens is 1. The Kier molecular flexibility index (Phi) is 4.11. The lowest BCUT2D eigenvalue weighted by atomic mass is 10.4. The molecule has 0 N–H and O–H groups in total. The summed E-state index contributed by atoms with van der Waals surface area (Å²) in [5.74, 6) is -0.689. The van der Waals surface area contributed by atoms with Crippen LogP contribution in [0.3, 0.4) is 0 Å². The molecule has 0 aliphatic rings. The van der Waals surface area contributed by atoms with Crippen molar-refractivity contribution < 1.29 is 14.3 Å². The second-order valence-electron chi connectivity index (χ2n) is 2.84. The van der Waals surface area contributed by atoms with Crippen LogP contribution in [0.15, 0.2) is 12.1 Å². The van der Waals surface area contributed by atoms with Gasteiger partial charge in [0.15, 0.2) is 0 Å². The van der Waals surface area contributed by atoms with Crippen molar-refractivity contribution in [3.05, 3.63) is 21.3 Å². The van der Waals surface area contributed by atoms with Gasteiger partial charge in [-0.2, -0.15) is 0 Å². The maximum absolute atomic E-state index is 11.7. The average molecular weight is 248 g/mol. The van der Waals surface area contributed by atoms with Gasteiger partial charge in [-0.1, -0.05) is 11.6 Å². The molecule has 1 amide bonds. The van der Waals surface area contributed by atoms with Crippen LogP contribution in [-0.4, -0.2) is 37.5 Å². The van der Waals surface area contributed by atoms with Crippen LogP contribution in [0, 0.1) is 0 Å². The number of nitrogens with zero attached hydrogens (tertiary/aromatic N) is 1. The van der Waals surface area contributed by atoms with Gasteiger partial charge in [0.1, 0.15) is 6.54 Å². The second kappa shape index (κ2) is 5.14. The highest BCUT2D eigenvalue weighted by molar-refractivity contribution is 7.17. The molecule has 0 saturated carbocycles. The molecule has 0 atom stereocenters. The van der Waals surface area contributed by atoms with Gasteiger partial charge in [0.2, 0.25) is 0 Å². The van der Waals surface area contributed by atoms with E-state index in [9.17, 15) is 9.59 Å². The summed E-state index contributed by atoms with van der Waals surface area (Å²) >= 11 is 6.88. The van der Waals surface area contributed by atoms with Crippen molar-refractivity contribution in [1.29, 1.82) is 0 Å². The predicted molar refractivity (Wildman–Crippen MR) is 58.3 cm³/mol. The van der Waals surface area contributed by atoms with Crippen molar-refractivity contribution in [3.8, 4) is 0 Å². The predicted octanol–water partition coefficient (Wildman–Crippen LogP) is 1.65. The normalized spacial score (nSPS) is 9.80. The lowest BCUT2D eigenvalue weighted by molar-refractivity contribution is -0.141. The van der Waals surface area contributed by atoms with Crippen LogP contribution in [0.5, 0.6) is 0 Å². The smallest absolute Gasteiger partial charge is 0.325 e. The molecule has 1 aromatic heterocycles. The van der Waals surface area contributed by atoms with Crippen LogP contribution in [-0.2, 0) is 9.53 Å². The van der Waals surface area contributed by atoms with E-state index >= 15 is 0 Å². The summed E-state index contributed by atoms with van der Waals surface area (Å²) in [6.07, 6.45) is 0. The Morgan fingerprint density at radius 2 is 2.20 bits per heavy atom. The first-order chi connectivity index (χ1) is 7.04. The van der Waals surface area contributed by atoms with Gasteiger partial charge in [0.05, 0.1) is 16.3 Å². The third kappa shape index (κ3) is 3.21. The van der Waals surface area contributed by atoms with Crippen molar-refractivity contribution >= 4 is 34.8 Å². The summed E-state index contributed by atoms with van der Waals surface area (Å²) in [6, 6.07) is 3.27. The Hall–Kier alpha value is -1.07. The van der Waals surface area contributed by atoms with E-state index < -0.39 is 5.97 Å². The van der Waals surface area contributed by atoms with E-state index in [0.29, 0.717) is 9.21 Å². The number of thiophene rings is 1. The lowest BCUT2D eigenvalue weighted by Crippen LogP contribution is -2.32. The summed E-state index contributed by atoms with van der Waals surface area (Å²) in [7, 11) is 2.82. The molecule has 0 aliphatic carbocycles. The quantitative estimate of drug-likeness (QED) is 0.763. The van der Waals surface area contributed by atoms with Gasteiger partial charge in [-0.25, -0.2) is 0 Å². The number of likely N-dealkylation sites (N-methyl/N-ethyl adjacent to an activating group) is 1. The van der Waals surface area contributed by atoms with Crippen LogP contribution < -0.4 is 0 Å². The fourth-order valence-electron chi connectivity index (χ4n) is 0.947. The lowest BCUT2D eigenvalue weighted by Gasteiger charge is -2.13. The molecule has 0 saturated heterocycles. The summed E-state index contributed by atoms with van der Waals surface area (Å²) in [4.78, 5) is 24.4. The molecule has 4 nitrogen and oxygen atoms in total. The molecule has 1 aromatic rings. The minimum Gasteiger partial charge on any atom is -0.468 e. The Morgan fingerprint density at radius 3 is 2.67 bits per heavy atom. The standard InChI is InChI=1S/C9H10ClNO3S/c1-11(5-8(12)14-2)9(13)6-3-4-7(10)15-6/h3-4H,5H2,1-2H3. The molecule has 6 heteroatoms. The number of ether oxygens (including phenoxy) is 1. The maximum atomic E-state index is 11.7. The van der Waals surface area contributed by atoms with Crippen LogP contribution in [0.4, 0.5) is 0 Å². The molecule has 82 valence electrons. The number of methoxy groups -OCH3 is 1. The third-order valence-electron chi connectivity index (χ3n) is 1.72. The molecule has 1 rings (SSSR count). The molecular formula is C9H10ClNO3S. The third-order valence-corrected chi connectivity index (χ3v) is 2.94. The van der Waals surface area contributed by atoms with E-state index in [0.717, 1.165) is 0 Å². The number of esters is 1. The van der Waals surface area contributed by atoms with Crippen molar-refractivity contribution in [2.24, 2.45) is 0 Å². The number of rotatable bonds is 3. The van der Waals surface area contributed by atoms with E-state index in [2.05, 4.69) is 4.74 Å². The largest absolute Gasteiger partial charge is 0.468 e. The van der Waals surface area contributed by atoms with Gasteiger partial charge in [0.25, 0.3) is 5.91 Å². The monoisotopic (exact) mass is 247 g/mol. The number of hydrogen-bond acceptors (Lipinski definition) is 4. The van der Waals surface area contributed by atoms with Gasteiger partial charge in [-0.3, -0.25) is 9.59 Å². The fraction of sp³-hybridized carbons (Fsp3) is 0.333.